The van der Waals surface area contributed by atoms with Crippen molar-refractivity contribution in [2.75, 3.05) is 26.4 Å². The molecule has 4 heterocycles. The van der Waals surface area contributed by atoms with Crippen LogP contribution in [0, 0.1) is 0 Å². The summed E-state index contributed by atoms with van der Waals surface area (Å²) < 4.78 is 27.7. The minimum Gasteiger partial charge on any atom is -0.493 e. The van der Waals surface area contributed by atoms with Crippen molar-refractivity contribution in [3.8, 4) is 23.0 Å². The predicted octanol–water partition coefficient (Wildman–Crippen LogP) is 14.1. The topological polar surface area (TPSA) is 138 Å². The molecule has 8 bridgehead atoms. The molecule has 0 fully saturated rings. The quantitative estimate of drug-likeness (QED) is 0.0688. The van der Waals surface area contributed by atoms with E-state index in [-0.39, 0.29) is 0 Å². The maximum absolute atomic E-state index is 6.94. The van der Waals surface area contributed by atoms with Gasteiger partial charge in [0.25, 0.3) is 0 Å². The van der Waals surface area contributed by atoms with Crippen LogP contribution in [0.2, 0.25) is 0 Å². The van der Waals surface area contributed by atoms with Gasteiger partial charge in [0.2, 0.25) is 0 Å². The maximum Gasteiger partial charge on any atom is 0.126 e. The normalized spacial score (nSPS) is 12.5. The molecule has 0 amide bonds. The van der Waals surface area contributed by atoms with Crippen LogP contribution in [0.3, 0.4) is 0 Å². The standard InChI is InChI=1S/C64H64N8O4/c1-5-25-73-61-45-29-47-35-58(70-42-54-18-10-14-22-66-54)37-49(62(47)74-26-6-2)31-51-39-60(72-44-56-20-12-16-24-68-56)40-52(64(51)76-28-8-4)32-50-38-59(71-43-55-19-11-15-23-67-55)36-48(63(50)75-27-7-3)30-46(61)34-57(33-45)69-41-53-17-9-13-21-65-53/h9-24,33-44H,5-8,25-32H2,1-4H3. The van der Waals surface area contributed by atoms with Gasteiger partial charge < -0.3 is 18.9 Å². The molecule has 12 nitrogen and oxygen atoms in total. The van der Waals surface area contributed by atoms with Gasteiger partial charge in [-0.2, -0.15) is 0 Å². The number of hydrogen-bond acceptors (Lipinski definition) is 12. The summed E-state index contributed by atoms with van der Waals surface area (Å²) in [7, 11) is 0. The Morgan fingerprint density at radius 1 is 0.329 bits per heavy atom. The van der Waals surface area contributed by atoms with E-state index in [0.717, 1.165) is 139 Å². The minimum absolute atomic E-state index is 0.440. The molecule has 0 radical (unpaired) electrons. The molecule has 0 unspecified atom stereocenters. The lowest BCUT2D eigenvalue weighted by atomic mass is 9.90. The van der Waals surface area contributed by atoms with E-state index in [1.54, 1.807) is 24.8 Å². The van der Waals surface area contributed by atoms with E-state index in [2.05, 4.69) is 96.2 Å². The maximum atomic E-state index is 6.94. The first-order valence-corrected chi connectivity index (χ1v) is 26.4. The molecular formula is C64H64N8O4. The van der Waals surface area contributed by atoms with E-state index in [9.17, 15) is 0 Å². The summed E-state index contributed by atoms with van der Waals surface area (Å²) in [6, 6.07) is 40.3. The Hall–Kier alpha value is -8.64. The van der Waals surface area contributed by atoms with Crippen molar-refractivity contribution in [3.63, 3.8) is 0 Å². The molecule has 384 valence electrons. The van der Waals surface area contributed by atoms with Crippen LogP contribution in [0.1, 0.15) is 121 Å². The predicted molar refractivity (Wildman–Crippen MR) is 306 cm³/mol. The first-order chi connectivity index (χ1) is 37.5. The van der Waals surface area contributed by atoms with Gasteiger partial charge in [0.15, 0.2) is 0 Å². The highest BCUT2D eigenvalue weighted by Crippen LogP contribution is 2.44. The van der Waals surface area contributed by atoms with Gasteiger partial charge in [-0.25, -0.2) is 0 Å². The zero-order valence-electron chi connectivity index (χ0n) is 43.9. The second-order valence-electron chi connectivity index (χ2n) is 18.5. The molecule has 12 heteroatoms. The number of ether oxygens (including phenoxy) is 4. The van der Waals surface area contributed by atoms with Gasteiger partial charge >= 0.3 is 0 Å². The molecule has 0 spiro atoms. The zero-order valence-corrected chi connectivity index (χ0v) is 43.9. The zero-order chi connectivity index (χ0) is 52.3. The van der Waals surface area contributed by atoms with E-state index in [4.69, 9.17) is 38.9 Å². The van der Waals surface area contributed by atoms with Gasteiger partial charge in [0.1, 0.15) is 23.0 Å². The molecule has 1 aliphatic carbocycles. The fourth-order valence-corrected chi connectivity index (χ4v) is 9.04. The second kappa shape index (κ2) is 26.5. The third-order valence-corrected chi connectivity index (χ3v) is 12.4. The highest BCUT2D eigenvalue weighted by Gasteiger charge is 2.25. The number of nitrogens with zero attached hydrogens (tertiary/aromatic N) is 8. The molecular weight excluding hydrogens is 945 g/mol. The average molecular weight is 1010 g/mol. The number of fused-ring (bicyclic) bond motifs is 8. The van der Waals surface area contributed by atoms with Crippen molar-refractivity contribution in [1.82, 2.24) is 19.9 Å². The van der Waals surface area contributed by atoms with Crippen LogP contribution in [-0.2, 0) is 25.7 Å². The smallest absolute Gasteiger partial charge is 0.126 e. The number of hydrogen-bond donors (Lipinski definition) is 0. The summed E-state index contributed by atoms with van der Waals surface area (Å²) in [6.07, 6.45) is 19.3. The molecule has 0 atom stereocenters. The van der Waals surface area contributed by atoms with Crippen molar-refractivity contribution in [2.24, 2.45) is 20.0 Å². The fourth-order valence-electron chi connectivity index (χ4n) is 9.04. The van der Waals surface area contributed by atoms with E-state index in [1.165, 1.54) is 0 Å². The summed E-state index contributed by atoms with van der Waals surface area (Å²) in [5, 5.41) is 0. The minimum atomic E-state index is 0.440. The monoisotopic (exact) mass is 1010 g/mol. The molecule has 9 rings (SSSR count). The fraction of sp³-hybridized carbons (Fsp3) is 0.250. The highest BCUT2D eigenvalue weighted by molar-refractivity contribution is 5.82. The molecule has 0 saturated carbocycles. The third kappa shape index (κ3) is 13.9. The Morgan fingerprint density at radius 3 is 0.711 bits per heavy atom. The summed E-state index contributed by atoms with van der Waals surface area (Å²) >= 11 is 0. The van der Waals surface area contributed by atoms with Gasteiger partial charge in [-0.05, 0) is 123 Å². The Kier molecular flexibility index (Phi) is 18.2. The molecule has 0 N–H and O–H groups in total. The Labute approximate surface area is 446 Å². The first-order valence-electron chi connectivity index (χ1n) is 26.4. The lowest BCUT2D eigenvalue weighted by Gasteiger charge is -2.24. The van der Waals surface area contributed by atoms with E-state index in [1.807, 2.05) is 97.7 Å². The molecule has 1 aliphatic rings. The number of rotatable bonds is 20. The van der Waals surface area contributed by atoms with E-state index >= 15 is 0 Å². The van der Waals surface area contributed by atoms with E-state index in [0.29, 0.717) is 52.1 Å². The van der Waals surface area contributed by atoms with Gasteiger partial charge in [0.05, 0.1) is 96.8 Å². The van der Waals surface area contributed by atoms with Crippen LogP contribution in [0.15, 0.2) is 166 Å². The molecule has 8 aromatic rings. The van der Waals surface area contributed by atoms with Gasteiger partial charge in [-0.1, -0.05) is 52.0 Å². The Balaban J connectivity index is 1.35. The van der Waals surface area contributed by atoms with Crippen LogP contribution >= 0.6 is 0 Å². The molecule has 0 aliphatic heterocycles. The summed E-state index contributed by atoms with van der Waals surface area (Å²) in [5.41, 5.74) is 13.6. The lowest BCUT2D eigenvalue weighted by molar-refractivity contribution is 0.304. The van der Waals surface area contributed by atoms with Crippen LogP contribution in [0.4, 0.5) is 22.7 Å². The van der Waals surface area contributed by atoms with Crippen molar-refractivity contribution < 1.29 is 18.9 Å². The number of benzene rings is 4. The van der Waals surface area contributed by atoms with Crippen molar-refractivity contribution in [1.29, 1.82) is 0 Å². The van der Waals surface area contributed by atoms with Crippen LogP contribution in [0.25, 0.3) is 0 Å². The van der Waals surface area contributed by atoms with Crippen molar-refractivity contribution in [3.05, 3.63) is 213 Å². The molecule has 0 saturated heterocycles. The Morgan fingerprint density at radius 2 is 0.539 bits per heavy atom. The number of aliphatic imine (C=N–C) groups is 4. The van der Waals surface area contributed by atoms with Crippen LogP contribution in [-0.4, -0.2) is 71.2 Å². The van der Waals surface area contributed by atoms with E-state index < -0.39 is 0 Å². The van der Waals surface area contributed by atoms with Gasteiger partial charge in [-0.3, -0.25) is 39.9 Å². The second-order valence-corrected chi connectivity index (χ2v) is 18.5. The van der Waals surface area contributed by atoms with Crippen molar-refractivity contribution >= 4 is 47.6 Å². The number of aromatic nitrogens is 4. The molecule has 76 heavy (non-hydrogen) atoms. The largest absolute Gasteiger partial charge is 0.493 e. The number of pyridine rings is 4. The SMILES string of the molecule is CCCOc1c2cc(N=Cc3ccccn3)cc1Cc1cc(N=Cc3ccccn3)cc(c1OCCC)Cc1cc(N=Cc3ccccn3)cc(c1OCCC)Cc1cc(N=Cc3ccccn3)cc(c1OCCC)C2. The summed E-state index contributed by atoms with van der Waals surface area (Å²) in [5.74, 6) is 3.16. The van der Waals surface area contributed by atoms with Gasteiger partial charge in [0, 0.05) is 95.0 Å². The summed E-state index contributed by atoms with van der Waals surface area (Å²) in [4.78, 5) is 38.6. The first kappa shape index (κ1) is 52.2. The Bertz CT molecular complexity index is 2770. The summed E-state index contributed by atoms with van der Waals surface area (Å²) in [6.45, 7) is 10.5. The average Bonchev–Trinajstić information content (AvgIpc) is 3.46. The third-order valence-electron chi connectivity index (χ3n) is 12.4. The molecule has 4 aromatic carbocycles. The highest BCUT2D eigenvalue weighted by atomic mass is 16.5. The van der Waals surface area contributed by atoms with Gasteiger partial charge in [-0.15, -0.1) is 0 Å². The van der Waals surface area contributed by atoms with Crippen LogP contribution < -0.4 is 18.9 Å². The molecule has 4 aromatic heterocycles. The lowest BCUT2D eigenvalue weighted by Crippen LogP contribution is -2.10. The van der Waals surface area contributed by atoms with Crippen molar-refractivity contribution in [2.45, 2.75) is 79.1 Å². The van der Waals surface area contributed by atoms with Crippen LogP contribution in [0.5, 0.6) is 23.0 Å².